The van der Waals surface area contributed by atoms with Gasteiger partial charge in [0.05, 0.1) is 11.9 Å². The second kappa shape index (κ2) is 8.52. The van der Waals surface area contributed by atoms with Crippen LogP contribution in [0.3, 0.4) is 0 Å². The fourth-order valence-corrected chi connectivity index (χ4v) is 5.55. The molecule has 3 aliphatic rings. The molecule has 32 heavy (non-hydrogen) atoms. The zero-order valence-corrected chi connectivity index (χ0v) is 19.2. The first-order valence-corrected chi connectivity index (χ1v) is 13.3. The van der Waals surface area contributed by atoms with Crippen LogP contribution >= 0.6 is 0 Å². The summed E-state index contributed by atoms with van der Waals surface area (Å²) in [6.07, 6.45) is 9.73. The number of hydrogen-bond donors (Lipinski definition) is 1. The first kappa shape index (κ1) is 21.5. The van der Waals surface area contributed by atoms with Gasteiger partial charge in [-0.1, -0.05) is 18.2 Å². The Kier molecular flexibility index (Phi) is 5.72. The molecule has 0 unspecified atom stereocenters. The fraction of sp³-hybridized carbons (Fsp3) is 0.440. The number of nitrogens with zero attached hydrogens (tertiary/aromatic N) is 2. The maximum Gasteiger partial charge on any atom is 0.211 e. The molecule has 2 aliphatic heterocycles. The van der Waals surface area contributed by atoms with E-state index in [0.717, 1.165) is 37.1 Å². The summed E-state index contributed by atoms with van der Waals surface area (Å²) in [5.74, 6) is 0.485. The summed E-state index contributed by atoms with van der Waals surface area (Å²) < 4.78 is 39.3. The molecule has 0 atom stereocenters. The lowest BCUT2D eigenvalue weighted by atomic mass is 9.95. The van der Waals surface area contributed by atoms with Gasteiger partial charge < -0.3 is 10.2 Å². The van der Waals surface area contributed by atoms with Crippen molar-refractivity contribution in [1.82, 2.24) is 9.21 Å². The van der Waals surface area contributed by atoms with Gasteiger partial charge in [0.15, 0.2) is 0 Å². The lowest BCUT2D eigenvalue weighted by molar-refractivity contribution is 0.183. The molecule has 2 aromatic rings. The quantitative estimate of drug-likeness (QED) is 0.696. The Labute approximate surface area is 190 Å². The van der Waals surface area contributed by atoms with Crippen LogP contribution in [0.15, 0.2) is 42.6 Å². The van der Waals surface area contributed by atoms with E-state index in [1.807, 2.05) is 12.1 Å². The van der Waals surface area contributed by atoms with Gasteiger partial charge >= 0.3 is 0 Å². The van der Waals surface area contributed by atoms with E-state index >= 15 is 0 Å². The summed E-state index contributed by atoms with van der Waals surface area (Å²) in [6, 6.07) is 12.1. The molecular weight excluding hydrogens is 425 g/mol. The van der Waals surface area contributed by atoms with Crippen molar-refractivity contribution >= 4 is 21.8 Å². The lowest BCUT2D eigenvalue weighted by Gasteiger charge is -2.38. The minimum absolute atomic E-state index is 0.204. The Morgan fingerprint density at radius 3 is 2.47 bits per heavy atom. The number of anilines is 1. The van der Waals surface area contributed by atoms with Gasteiger partial charge in [-0.05, 0) is 78.1 Å². The summed E-state index contributed by atoms with van der Waals surface area (Å²) in [7, 11) is -3.10. The number of piperidine rings is 1. The van der Waals surface area contributed by atoms with Crippen LogP contribution in [-0.2, 0) is 16.6 Å². The molecule has 0 aromatic heterocycles. The van der Waals surface area contributed by atoms with Gasteiger partial charge in [0, 0.05) is 38.4 Å². The molecule has 5 rings (SSSR count). The van der Waals surface area contributed by atoms with Crippen molar-refractivity contribution in [3.05, 3.63) is 59.5 Å². The molecular formula is C25H30FN3O2S. The molecule has 5 nitrogen and oxygen atoms in total. The van der Waals surface area contributed by atoms with E-state index in [0.29, 0.717) is 30.7 Å². The number of halogens is 1. The highest BCUT2D eigenvalue weighted by Crippen LogP contribution is 2.33. The summed E-state index contributed by atoms with van der Waals surface area (Å²) >= 11 is 0. The molecule has 2 heterocycles. The van der Waals surface area contributed by atoms with E-state index in [1.54, 1.807) is 10.4 Å². The van der Waals surface area contributed by atoms with Crippen LogP contribution in [0.4, 0.5) is 10.1 Å². The third-order valence-corrected chi connectivity index (χ3v) is 8.19. The molecule has 0 bridgehead atoms. The van der Waals surface area contributed by atoms with E-state index < -0.39 is 10.0 Å². The number of rotatable bonds is 6. The van der Waals surface area contributed by atoms with Crippen molar-refractivity contribution in [3.8, 4) is 11.1 Å². The van der Waals surface area contributed by atoms with Crippen LogP contribution in [0, 0.1) is 11.7 Å². The lowest BCUT2D eigenvalue weighted by Crippen LogP contribution is -2.45. The predicted octanol–water partition coefficient (Wildman–Crippen LogP) is 4.52. The van der Waals surface area contributed by atoms with Crippen LogP contribution in [0.25, 0.3) is 17.2 Å². The van der Waals surface area contributed by atoms with Crippen LogP contribution < -0.4 is 5.32 Å². The zero-order chi connectivity index (χ0) is 22.3. The Morgan fingerprint density at radius 2 is 1.75 bits per heavy atom. The maximum atomic E-state index is 14.2. The molecule has 0 spiro atoms. The van der Waals surface area contributed by atoms with Crippen molar-refractivity contribution in [2.24, 2.45) is 5.92 Å². The van der Waals surface area contributed by atoms with Gasteiger partial charge in [0.2, 0.25) is 10.0 Å². The number of fused-ring (bicyclic) bond motifs is 1. The molecule has 0 amide bonds. The third kappa shape index (κ3) is 4.69. The number of nitrogens with one attached hydrogen (secondary N) is 1. The van der Waals surface area contributed by atoms with Crippen molar-refractivity contribution in [2.45, 2.75) is 38.3 Å². The van der Waals surface area contributed by atoms with Crippen LogP contribution in [0.2, 0.25) is 0 Å². The van der Waals surface area contributed by atoms with Gasteiger partial charge in [-0.3, -0.25) is 0 Å². The minimum Gasteiger partial charge on any atom is -0.382 e. The molecule has 0 radical (unpaired) electrons. The fourth-order valence-electron chi connectivity index (χ4n) is 4.67. The van der Waals surface area contributed by atoms with Gasteiger partial charge in [-0.15, -0.1) is 0 Å². The largest absolute Gasteiger partial charge is 0.382 e. The summed E-state index contributed by atoms with van der Waals surface area (Å²) in [6.45, 7) is 2.84. The molecule has 170 valence electrons. The van der Waals surface area contributed by atoms with E-state index in [-0.39, 0.29) is 5.82 Å². The SMILES string of the molecule is CS(=O)(=O)N1CCC(N2C=Cc3cc(-c4ccc(F)c(NCC5CC5)c4)ccc3C2)CC1. The summed E-state index contributed by atoms with van der Waals surface area (Å²) in [5.41, 5.74) is 5.11. The molecule has 2 fully saturated rings. The molecule has 1 saturated carbocycles. The van der Waals surface area contributed by atoms with Crippen LogP contribution in [-0.4, -0.2) is 49.6 Å². The topological polar surface area (TPSA) is 52.7 Å². The Hall–Kier alpha value is -2.38. The van der Waals surface area contributed by atoms with Crippen LogP contribution in [0.1, 0.15) is 36.8 Å². The van der Waals surface area contributed by atoms with Gasteiger partial charge in [0.1, 0.15) is 5.82 Å². The minimum atomic E-state index is -3.10. The molecule has 1 aliphatic carbocycles. The highest BCUT2D eigenvalue weighted by atomic mass is 32.2. The van der Waals surface area contributed by atoms with Gasteiger partial charge in [0.25, 0.3) is 0 Å². The van der Waals surface area contributed by atoms with Crippen molar-refractivity contribution in [2.75, 3.05) is 31.2 Å². The van der Waals surface area contributed by atoms with Gasteiger partial charge in [-0.2, -0.15) is 0 Å². The number of sulfonamides is 1. The van der Waals surface area contributed by atoms with E-state index in [2.05, 4.69) is 40.7 Å². The molecule has 2 aromatic carbocycles. The highest BCUT2D eigenvalue weighted by Gasteiger charge is 2.28. The summed E-state index contributed by atoms with van der Waals surface area (Å²) in [5, 5.41) is 3.27. The normalized spacial score (nSPS) is 19.8. The second-order valence-electron chi connectivity index (χ2n) is 9.31. The third-order valence-electron chi connectivity index (χ3n) is 6.88. The average Bonchev–Trinajstić information content (AvgIpc) is 3.62. The van der Waals surface area contributed by atoms with Crippen molar-refractivity contribution < 1.29 is 12.8 Å². The molecule has 1 N–H and O–H groups in total. The monoisotopic (exact) mass is 455 g/mol. The highest BCUT2D eigenvalue weighted by molar-refractivity contribution is 7.88. The Morgan fingerprint density at radius 1 is 1.03 bits per heavy atom. The van der Waals surface area contributed by atoms with Crippen LogP contribution in [0.5, 0.6) is 0 Å². The van der Waals surface area contributed by atoms with E-state index in [4.69, 9.17) is 0 Å². The smallest absolute Gasteiger partial charge is 0.211 e. The molecule has 7 heteroatoms. The predicted molar refractivity (Wildman–Crippen MR) is 127 cm³/mol. The number of benzene rings is 2. The maximum absolute atomic E-state index is 14.2. The first-order valence-electron chi connectivity index (χ1n) is 11.4. The Bertz CT molecular complexity index is 1140. The number of hydrogen-bond acceptors (Lipinski definition) is 4. The second-order valence-corrected chi connectivity index (χ2v) is 11.3. The van der Waals surface area contributed by atoms with E-state index in [9.17, 15) is 12.8 Å². The zero-order valence-electron chi connectivity index (χ0n) is 18.4. The summed E-state index contributed by atoms with van der Waals surface area (Å²) in [4.78, 5) is 2.33. The first-order chi connectivity index (χ1) is 15.4. The molecule has 1 saturated heterocycles. The van der Waals surface area contributed by atoms with Gasteiger partial charge in [-0.25, -0.2) is 17.1 Å². The van der Waals surface area contributed by atoms with Crippen molar-refractivity contribution in [3.63, 3.8) is 0 Å². The average molecular weight is 456 g/mol. The standard InChI is InChI=1S/C25H30FN3O2S/c1-32(30,31)29-12-9-23(10-13-29)28-11-8-21-14-19(4-5-22(21)17-28)20-6-7-24(26)25(15-20)27-16-18-2-3-18/h4-8,11,14-15,18,23,27H,2-3,9-10,12-13,16-17H2,1H3. The van der Waals surface area contributed by atoms with Crippen molar-refractivity contribution in [1.29, 1.82) is 0 Å². The Balaban J connectivity index is 1.28. The van der Waals surface area contributed by atoms with E-state index in [1.165, 1.54) is 30.2 Å².